The molecule has 0 saturated carbocycles. The summed E-state index contributed by atoms with van der Waals surface area (Å²) >= 11 is 7.61. The molecule has 5 nitrogen and oxygen atoms in total. The number of nitrogens with zero attached hydrogens (tertiary/aromatic N) is 1. The van der Waals surface area contributed by atoms with E-state index < -0.39 is 0 Å². The lowest BCUT2D eigenvalue weighted by Crippen LogP contribution is -2.26. The summed E-state index contributed by atoms with van der Waals surface area (Å²) in [6, 6.07) is 8.76. The van der Waals surface area contributed by atoms with Gasteiger partial charge < -0.3 is 14.9 Å². The van der Waals surface area contributed by atoms with E-state index in [9.17, 15) is 4.79 Å². The first-order valence-corrected chi connectivity index (χ1v) is 8.43. The van der Waals surface area contributed by atoms with Gasteiger partial charge in [0.1, 0.15) is 0 Å². The Labute approximate surface area is 138 Å². The van der Waals surface area contributed by atoms with E-state index in [1.165, 1.54) is 0 Å². The highest BCUT2D eigenvalue weighted by Gasteiger charge is 2.13. The summed E-state index contributed by atoms with van der Waals surface area (Å²) in [5.74, 6) is 1.92. The molecule has 0 aliphatic rings. The summed E-state index contributed by atoms with van der Waals surface area (Å²) in [7, 11) is 0. The largest absolute Gasteiger partial charge is 0.396 e. The second-order valence-electron chi connectivity index (χ2n) is 4.53. The fourth-order valence-corrected chi connectivity index (χ4v) is 2.73. The minimum absolute atomic E-state index is 0.199. The van der Waals surface area contributed by atoms with Crippen LogP contribution in [0.2, 0.25) is 5.02 Å². The van der Waals surface area contributed by atoms with Crippen LogP contribution in [0.3, 0.4) is 0 Å². The van der Waals surface area contributed by atoms with E-state index in [1.54, 1.807) is 30.0 Å². The third-order valence-electron chi connectivity index (χ3n) is 2.83. The molecule has 0 spiro atoms. The van der Waals surface area contributed by atoms with Crippen molar-refractivity contribution >= 4 is 29.3 Å². The van der Waals surface area contributed by atoms with Gasteiger partial charge in [-0.2, -0.15) is 11.8 Å². The highest BCUT2D eigenvalue weighted by Crippen LogP contribution is 2.23. The van der Waals surface area contributed by atoms with Gasteiger partial charge in [-0.05, 0) is 24.3 Å². The molecule has 2 N–H and O–H groups in total. The molecule has 0 radical (unpaired) electrons. The summed E-state index contributed by atoms with van der Waals surface area (Å²) in [6.45, 7) is 0.749. The van der Waals surface area contributed by atoms with Crippen LogP contribution in [0.4, 0.5) is 0 Å². The Kier molecular flexibility index (Phi) is 6.76. The smallest absolute Gasteiger partial charge is 0.273 e. The molecule has 0 bridgehead atoms. The highest BCUT2D eigenvalue weighted by molar-refractivity contribution is 7.99. The van der Waals surface area contributed by atoms with Crippen LogP contribution in [-0.2, 0) is 0 Å². The maximum Gasteiger partial charge on any atom is 0.273 e. The first-order chi connectivity index (χ1) is 10.7. The monoisotopic (exact) mass is 340 g/mol. The normalized spacial score (nSPS) is 10.6. The van der Waals surface area contributed by atoms with Gasteiger partial charge in [-0.25, -0.2) is 0 Å². The molecule has 0 aliphatic carbocycles. The zero-order valence-corrected chi connectivity index (χ0v) is 13.5. The molecule has 1 aromatic heterocycles. The Hall–Kier alpha value is -1.50. The summed E-state index contributed by atoms with van der Waals surface area (Å²) in [6.07, 6.45) is 0.769. The minimum Gasteiger partial charge on any atom is -0.396 e. The Morgan fingerprint density at radius 3 is 3.00 bits per heavy atom. The first kappa shape index (κ1) is 16.9. The van der Waals surface area contributed by atoms with Crippen molar-refractivity contribution in [3.8, 4) is 11.3 Å². The number of aliphatic hydroxyl groups is 1. The average molecular weight is 341 g/mol. The van der Waals surface area contributed by atoms with Gasteiger partial charge in [-0.3, -0.25) is 4.79 Å². The lowest BCUT2D eigenvalue weighted by atomic mass is 10.1. The number of carbonyl (C=O) groups is 1. The standard InChI is InChI=1S/C15H17ClN2O3S/c16-12-4-1-3-11(9-12)14-10-13(18-21-14)15(20)17-5-8-22-7-2-6-19/h1,3-4,9-10,19H,2,5-8H2,(H,17,20). The van der Waals surface area contributed by atoms with Gasteiger partial charge in [0.05, 0.1) is 0 Å². The van der Waals surface area contributed by atoms with Crippen molar-refractivity contribution in [2.24, 2.45) is 0 Å². The number of carbonyl (C=O) groups excluding carboxylic acids is 1. The van der Waals surface area contributed by atoms with Gasteiger partial charge in [0.15, 0.2) is 11.5 Å². The van der Waals surface area contributed by atoms with Crippen molar-refractivity contribution in [1.29, 1.82) is 0 Å². The van der Waals surface area contributed by atoms with Crippen LogP contribution in [0.25, 0.3) is 11.3 Å². The molecule has 7 heteroatoms. The molecule has 1 heterocycles. The van der Waals surface area contributed by atoms with Gasteiger partial charge in [-0.15, -0.1) is 0 Å². The molecule has 22 heavy (non-hydrogen) atoms. The Morgan fingerprint density at radius 1 is 1.36 bits per heavy atom. The predicted octanol–water partition coefficient (Wildman–Crippen LogP) is 2.84. The summed E-state index contributed by atoms with van der Waals surface area (Å²) in [5.41, 5.74) is 1.02. The van der Waals surface area contributed by atoms with Crippen molar-refractivity contribution in [3.63, 3.8) is 0 Å². The van der Waals surface area contributed by atoms with E-state index in [-0.39, 0.29) is 18.2 Å². The van der Waals surface area contributed by atoms with E-state index in [2.05, 4.69) is 10.5 Å². The third kappa shape index (κ3) is 5.05. The first-order valence-electron chi connectivity index (χ1n) is 6.90. The van der Waals surface area contributed by atoms with Gasteiger partial charge >= 0.3 is 0 Å². The second kappa shape index (κ2) is 8.82. The van der Waals surface area contributed by atoms with Gasteiger partial charge in [0, 0.05) is 35.6 Å². The van der Waals surface area contributed by atoms with Crippen LogP contribution in [-0.4, -0.2) is 40.8 Å². The van der Waals surface area contributed by atoms with Crippen molar-refractivity contribution in [2.75, 3.05) is 24.7 Å². The van der Waals surface area contributed by atoms with Gasteiger partial charge in [0.2, 0.25) is 0 Å². The number of nitrogens with one attached hydrogen (secondary N) is 1. The quantitative estimate of drug-likeness (QED) is 0.723. The van der Waals surface area contributed by atoms with Crippen LogP contribution in [0.1, 0.15) is 16.9 Å². The van der Waals surface area contributed by atoms with Crippen LogP contribution in [0.5, 0.6) is 0 Å². The van der Waals surface area contributed by atoms with Crippen molar-refractivity contribution in [1.82, 2.24) is 10.5 Å². The lowest BCUT2D eigenvalue weighted by Gasteiger charge is -2.02. The van der Waals surface area contributed by atoms with E-state index in [1.807, 2.05) is 12.1 Å². The van der Waals surface area contributed by atoms with Crippen molar-refractivity contribution in [3.05, 3.63) is 41.0 Å². The lowest BCUT2D eigenvalue weighted by molar-refractivity contribution is 0.0947. The van der Waals surface area contributed by atoms with Gasteiger partial charge in [0.25, 0.3) is 5.91 Å². The Bertz CT molecular complexity index is 618. The number of amides is 1. The molecule has 2 rings (SSSR count). The molecule has 0 saturated heterocycles. The van der Waals surface area contributed by atoms with Crippen molar-refractivity contribution in [2.45, 2.75) is 6.42 Å². The Morgan fingerprint density at radius 2 is 2.23 bits per heavy atom. The number of rotatable bonds is 8. The molecule has 2 aromatic rings. The SMILES string of the molecule is O=C(NCCSCCCO)c1cc(-c2cccc(Cl)c2)on1. The topological polar surface area (TPSA) is 75.4 Å². The number of benzene rings is 1. The fraction of sp³-hybridized carbons (Fsp3) is 0.333. The summed E-state index contributed by atoms with van der Waals surface area (Å²) in [4.78, 5) is 11.9. The number of halogens is 1. The second-order valence-corrected chi connectivity index (χ2v) is 6.19. The minimum atomic E-state index is -0.264. The molecular weight excluding hydrogens is 324 g/mol. The van der Waals surface area contributed by atoms with Crippen LogP contribution >= 0.6 is 23.4 Å². The zero-order valence-electron chi connectivity index (χ0n) is 11.9. The molecule has 0 unspecified atom stereocenters. The molecular formula is C15H17ClN2O3S. The van der Waals surface area contributed by atoms with E-state index in [0.717, 1.165) is 23.5 Å². The molecule has 0 fully saturated rings. The highest BCUT2D eigenvalue weighted by atomic mass is 35.5. The van der Waals surface area contributed by atoms with Gasteiger partial charge in [-0.1, -0.05) is 28.9 Å². The van der Waals surface area contributed by atoms with E-state index in [4.69, 9.17) is 21.2 Å². The number of hydrogen-bond acceptors (Lipinski definition) is 5. The van der Waals surface area contributed by atoms with Crippen LogP contribution in [0, 0.1) is 0 Å². The van der Waals surface area contributed by atoms with E-state index >= 15 is 0 Å². The zero-order chi connectivity index (χ0) is 15.8. The molecule has 0 aliphatic heterocycles. The maximum absolute atomic E-state index is 11.9. The fourth-order valence-electron chi connectivity index (χ4n) is 1.76. The predicted molar refractivity (Wildman–Crippen MR) is 88.3 cm³/mol. The van der Waals surface area contributed by atoms with Crippen LogP contribution in [0.15, 0.2) is 34.9 Å². The molecule has 1 amide bonds. The van der Waals surface area contributed by atoms with Crippen molar-refractivity contribution < 1.29 is 14.4 Å². The number of aromatic nitrogens is 1. The summed E-state index contributed by atoms with van der Waals surface area (Å²) in [5, 5.41) is 15.8. The van der Waals surface area contributed by atoms with E-state index in [0.29, 0.717) is 17.3 Å². The molecule has 0 atom stereocenters. The maximum atomic E-state index is 11.9. The third-order valence-corrected chi connectivity index (χ3v) is 4.14. The number of thioether (sulfide) groups is 1. The molecule has 118 valence electrons. The summed E-state index contributed by atoms with van der Waals surface area (Å²) < 4.78 is 5.18. The Balaban J connectivity index is 1.84. The molecule has 1 aromatic carbocycles. The number of aliphatic hydroxyl groups excluding tert-OH is 1. The number of hydrogen-bond donors (Lipinski definition) is 2. The van der Waals surface area contributed by atoms with Crippen LogP contribution < -0.4 is 5.32 Å². The average Bonchev–Trinajstić information content (AvgIpc) is 3.00.